The van der Waals surface area contributed by atoms with Gasteiger partial charge in [0, 0.05) is 0 Å². The third-order valence-corrected chi connectivity index (χ3v) is 4.01. The summed E-state index contributed by atoms with van der Waals surface area (Å²) >= 11 is 0. The monoisotopic (exact) mass is 270 g/mol. The molecule has 0 amide bonds. The van der Waals surface area contributed by atoms with Crippen molar-refractivity contribution in [1.82, 2.24) is 0 Å². The van der Waals surface area contributed by atoms with Crippen LogP contribution in [0, 0.1) is 5.92 Å². The van der Waals surface area contributed by atoms with E-state index in [4.69, 9.17) is 0 Å². The minimum Gasteiger partial charge on any atom is -0.0995 e. The van der Waals surface area contributed by atoms with Crippen molar-refractivity contribution >= 4 is 0 Å². The first-order chi connectivity index (χ1) is 9.49. The zero-order valence-corrected chi connectivity index (χ0v) is 13.7. The van der Waals surface area contributed by atoms with Crippen molar-refractivity contribution in [2.45, 2.75) is 59.8 Å². The Balaban J connectivity index is 2.88. The summed E-state index contributed by atoms with van der Waals surface area (Å²) in [7, 11) is 0. The van der Waals surface area contributed by atoms with Gasteiger partial charge in [-0.3, -0.25) is 0 Å². The van der Waals surface area contributed by atoms with Crippen molar-refractivity contribution in [1.29, 1.82) is 0 Å². The van der Waals surface area contributed by atoms with E-state index in [9.17, 15) is 0 Å². The molecule has 0 radical (unpaired) electrons. The highest BCUT2D eigenvalue weighted by Gasteiger charge is 2.06. The van der Waals surface area contributed by atoms with E-state index >= 15 is 0 Å². The molecular weight excluding hydrogens is 240 g/mol. The van der Waals surface area contributed by atoms with Crippen LogP contribution < -0.4 is 0 Å². The lowest BCUT2D eigenvalue weighted by atomic mass is 9.92. The van der Waals surface area contributed by atoms with Crippen LogP contribution in [0.25, 0.3) is 0 Å². The Kier molecular flexibility index (Phi) is 7.36. The highest BCUT2D eigenvalue weighted by Crippen LogP contribution is 2.21. The topological polar surface area (TPSA) is 0 Å². The fourth-order valence-electron chi connectivity index (χ4n) is 2.42. The van der Waals surface area contributed by atoms with Gasteiger partial charge in [-0.1, -0.05) is 59.3 Å². The average Bonchev–Trinajstić information content (AvgIpc) is 2.37. The Morgan fingerprint density at radius 2 is 1.75 bits per heavy atom. The Labute approximate surface area is 125 Å². The number of rotatable bonds is 1. The van der Waals surface area contributed by atoms with E-state index in [0.29, 0.717) is 5.92 Å². The molecule has 0 N–H and O–H groups in total. The second-order valence-electron chi connectivity index (χ2n) is 6.17. The summed E-state index contributed by atoms with van der Waals surface area (Å²) in [4.78, 5) is 0. The van der Waals surface area contributed by atoms with E-state index in [-0.39, 0.29) is 0 Å². The first-order valence-corrected chi connectivity index (χ1v) is 7.80. The van der Waals surface area contributed by atoms with Crippen LogP contribution in [0.3, 0.4) is 0 Å². The normalized spacial score (nSPS) is 31.8. The van der Waals surface area contributed by atoms with Gasteiger partial charge in [-0.2, -0.15) is 0 Å². The van der Waals surface area contributed by atoms with Gasteiger partial charge in [-0.05, 0) is 65.7 Å². The maximum absolute atomic E-state index is 4.14. The van der Waals surface area contributed by atoms with E-state index in [1.165, 1.54) is 48.0 Å². The van der Waals surface area contributed by atoms with Crippen LogP contribution in [-0.4, -0.2) is 0 Å². The molecule has 0 saturated heterocycles. The summed E-state index contributed by atoms with van der Waals surface area (Å²) in [6.07, 6.45) is 17.4. The predicted molar refractivity (Wildman–Crippen MR) is 91.8 cm³/mol. The van der Waals surface area contributed by atoms with Crippen molar-refractivity contribution < 1.29 is 0 Å². The van der Waals surface area contributed by atoms with E-state index in [1.54, 1.807) is 0 Å². The molecule has 0 heteroatoms. The third kappa shape index (κ3) is 6.75. The molecule has 0 fully saturated rings. The SMILES string of the molecule is C=C(C)[C@@H]1/C=C\C(C)=C/C/C=C(/C)CC/C=C(/C)CC1. The summed E-state index contributed by atoms with van der Waals surface area (Å²) in [6.45, 7) is 13.0. The van der Waals surface area contributed by atoms with Crippen molar-refractivity contribution in [2.24, 2.45) is 5.92 Å². The molecule has 0 aromatic heterocycles. The molecule has 0 aromatic carbocycles. The molecule has 1 atom stereocenters. The molecule has 0 spiro atoms. The van der Waals surface area contributed by atoms with Crippen molar-refractivity contribution in [2.75, 3.05) is 0 Å². The Hall–Kier alpha value is -1.30. The van der Waals surface area contributed by atoms with Gasteiger partial charge < -0.3 is 0 Å². The van der Waals surface area contributed by atoms with Gasteiger partial charge in [-0.25, -0.2) is 0 Å². The first kappa shape index (κ1) is 16.8. The Bertz CT molecular complexity index is 441. The lowest BCUT2D eigenvalue weighted by molar-refractivity contribution is 0.668. The van der Waals surface area contributed by atoms with Crippen LogP contribution in [0.2, 0.25) is 0 Å². The van der Waals surface area contributed by atoms with Crippen LogP contribution in [-0.2, 0) is 0 Å². The van der Waals surface area contributed by atoms with Crippen LogP contribution >= 0.6 is 0 Å². The van der Waals surface area contributed by atoms with Gasteiger partial charge in [0.25, 0.3) is 0 Å². The maximum atomic E-state index is 4.14. The second kappa shape index (κ2) is 8.79. The molecule has 0 aromatic rings. The molecule has 20 heavy (non-hydrogen) atoms. The average molecular weight is 270 g/mol. The molecule has 110 valence electrons. The van der Waals surface area contributed by atoms with Crippen LogP contribution in [0.5, 0.6) is 0 Å². The zero-order chi connectivity index (χ0) is 15.0. The smallest absolute Gasteiger partial charge is 0.00225 e. The molecule has 0 bridgehead atoms. The summed E-state index contributed by atoms with van der Waals surface area (Å²) < 4.78 is 0. The third-order valence-electron chi connectivity index (χ3n) is 4.01. The molecule has 0 heterocycles. The van der Waals surface area contributed by atoms with E-state index in [0.717, 1.165) is 6.42 Å². The summed E-state index contributed by atoms with van der Waals surface area (Å²) in [6, 6.07) is 0. The summed E-state index contributed by atoms with van der Waals surface area (Å²) in [5.74, 6) is 0.502. The highest BCUT2D eigenvalue weighted by atomic mass is 14.1. The molecule has 1 rings (SSSR count). The Morgan fingerprint density at radius 3 is 2.45 bits per heavy atom. The van der Waals surface area contributed by atoms with Crippen LogP contribution in [0.1, 0.15) is 59.8 Å². The fraction of sp³-hybridized carbons (Fsp3) is 0.500. The van der Waals surface area contributed by atoms with Crippen LogP contribution in [0.4, 0.5) is 0 Å². The quantitative estimate of drug-likeness (QED) is 0.475. The van der Waals surface area contributed by atoms with Gasteiger partial charge in [0.15, 0.2) is 0 Å². The van der Waals surface area contributed by atoms with Gasteiger partial charge in [0.05, 0.1) is 0 Å². The lowest BCUT2D eigenvalue weighted by Gasteiger charge is -2.13. The number of allylic oxidation sites excluding steroid dienone is 9. The molecular formula is C20H30. The standard InChI is InChI=1S/C20H30/c1-16(2)20-14-12-18(4)10-6-8-17(3)9-7-11-19(5)13-15-20/h8,10-12,14,20H,1,6-7,9,13,15H2,2-5H3/b14-12-,17-8-,18-10-,19-11-/t20-/m1/s1. The molecule has 1 aliphatic carbocycles. The molecule has 1 aliphatic rings. The van der Waals surface area contributed by atoms with Gasteiger partial charge in [0.2, 0.25) is 0 Å². The van der Waals surface area contributed by atoms with E-state index < -0.39 is 0 Å². The minimum atomic E-state index is 0.502. The van der Waals surface area contributed by atoms with Crippen molar-refractivity contribution in [3.05, 3.63) is 59.3 Å². The molecule has 0 aliphatic heterocycles. The maximum Gasteiger partial charge on any atom is -0.00225 e. The highest BCUT2D eigenvalue weighted by molar-refractivity contribution is 5.21. The van der Waals surface area contributed by atoms with Gasteiger partial charge >= 0.3 is 0 Å². The summed E-state index contributed by atoms with van der Waals surface area (Å²) in [5, 5.41) is 0. The molecule has 0 nitrogen and oxygen atoms in total. The number of hydrogen-bond donors (Lipinski definition) is 0. The molecule has 0 saturated carbocycles. The second-order valence-corrected chi connectivity index (χ2v) is 6.17. The summed E-state index contributed by atoms with van der Waals surface area (Å²) in [5.41, 5.74) is 5.63. The van der Waals surface area contributed by atoms with Crippen molar-refractivity contribution in [3.63, 3.8) is 0 Å². The number of hydrogen-bond acceptors (Lipinski definition) is 0. The van der Waals surface area contributed by atoms with Crippen molar-refractivity contribution in [3.8, 4) is 0 Å². The fourth-order valence-corrected chi connectivity index (χ4v) is 2.42. The predicted octanol–water partition coefficient (Wildman–Crippen LogP) is 6.54. The largest absolute Gasteiger partial charge is 0.0995 e. The van der Waals surface area contributed by atoms with Crippen LogP contribution in [0.15, 0.2) is 59.3 Å². The lowest BCUT2D eigenvalue weighted by Crippen LogP contribution is -1.98. The Morgan fingerprint density at radius 1 is 1.05 bits per heavy atom. The minimum absolute atomic E-state index is 0.502. The zero-order valence-electron chi connectivity index (χ0n) is 13.7. The van der Waals surface area contributed by atoms with Gasteiger partial charge in [0.1, 0.15) is 0 Å². The molecule has 0 unspecified atom stereocenters. The van der Waals surface area contributed by atoms with Gasteiger partial charge in [-0.15, -0.1) is 0 Å². The first-order valence-electron chi connectivity index (χ1n) is 7.80. The van der Waals surface area contributed by atoms with E-state index in [1.807, 2.05) is 0 Å². The van der Waals surface area contributed by atoms with E-state index in [2.05, 4.69) is 64.7 Å².